The topological polar surface area (TPSA) is 83.0 Å². The van der Waals surface area contributed by atoms with E-state index in [0.29, 0.717) is 29.2 Å². The molecule has 5 nitrogen and oxygen atoms in total. The molecule has 0 saturated carbocycles. The number of hydrogen-bond acceptors (Lipinski definition) is 4. The van der Waals surface area contributed by atoms with Crippen LogP contribution in [0.2, 0.25) is 0 Å². The molecule has 1 amide bonds. The number of nitriles is 1. The molecular weight excluding hydrogens is 264 g/mol. The van der Waals surface area contributed by atoms with Crippen molar-refractivity contribution < 1.29 is 4.79 Å². The van der Waals surface area contributed by atoms with Crippen molar-refractivity contribution in [2.75, 3.05) is 12.8 Å². The van der Waals surface area contributed by atoms with Crippen LogP contribution in [0.3, 0.4) is 0 Å². The summed E-state index contributed by atoms with van der Waals surface area (Å²) < 4.78 is 0. The molecule has 0 radical (unpaired) electrons. The Bertz CT molecular complexity index is 698. The number of nitrogens with zero attached hydrogens (tertiary/aromatic N) is 3. The molecule has 2 aromatic rings. The van der Waals surface area contributed by atoms with E-state index >= 15 is 0 Å². The molecule has 106 valence electrons. The van der Waals surface area contributed by atoms with Crippen molar-refractivity contribution in [2.24, 2.45) is 0 Å². The zero-order valence-electron chi connectivity index (χ0n) is 12.0. The Kier molecular flexibility index (Phi) is 4.19. The van der Waals surface area contributed by atoms with Gasteiger partial charge in [0, 0.05) is 24.8 Å². The zero-order valence-corrected chi connectivity index (χ0v) is 12.0. The minimum Gasteiger partial charge on any atom is -0.384 e. The number of hydrogen-bond donors (Lipinski definition) is 1. The van der Waals surface area contributed by atoms with Crippen LogP contribution in [-0.4, -0.2) is 22.8 Å². The Balaban J connectivity index is 2.17. The van der Waals surface area contributed by atoms with Crippen molar-refractivity contribution in [1.82, 2.24) is 9.88 Å². The van der Waals surface area contributed by atoms with Crippen molar-refractivity contribution in [3.05, 3.63) is 58.8 Å². The summed E-state index contributed by atoms with van der Waals surface area (Å²) in [6.45, 7) is 2.22. The maximum Gasteiger partial charge on any atom is 0.254 e. The second-order valence-corrected chi connectivity index (χ2v) is 4.90. The van der Waals surface area contributed by atoms with E-state index in [4.69, 9.17) is 11.0 Å². The smallest absolute Gasteiger partial charge is 0.254 e. The van der Waals surface area contributed by atoms with Gasteiger partial charge in [-0.15, -0.1) is 0 Å². The second kappa shape index (κ2) is 6.06. The number of anilines is 1. The van der Waals surface area contributed by atoms with Gasteiger partial charge in [-0.25, -0.2) is 4.98 Å². The molecule has 0 saturated heterocycles. The van der Waals surface area contributed by atoms with Crippen LogP contribution >= 0.6 is 0 Å². The Hall–Kier alpha value is -2.87. The van der Waals surface area contributed by atoms with Gasteiger partial charge in [0.1, 0.15) is 5.82 Å². The van der Waals surface area contributed by atoms with E-state index in [1.54, 1.807) is 49.2 Å². The standard InChI is InChI=1S/C16H16N4O/c1-11-6-14(8-15(18)19-11)16(21)20(2)10-13-5-3-4-12(7-13)9-17/h3-8H,10H2,1-2H3,(H2,18,19). The van der Waals surface area contributed by atoms with E-state index in [0.717, 1.165) is 5.56 Å². The van der Waals surface area contributed by atoms with Gasteiger partial charge < -0.3 is 10.6 Å². The molecule has 21 heavy (non-hydrogen) atoms. The molecule has 1 heterocycles. The molecule has 1 aromatic heterocycles. The molecule has 0 spiro atoms. The summed E-state index contributed by atoms with van der Waals surface area (Å²) in [6.07, 6.45) is 0. The van der Waals surface area contributed by atoms with Crippen LogP contribution in [0.25, 0.3) is 0 Å². The first-order valence-electron chi connectivity index (χ1n) is 6.48. The molecule has 0 aliphatic heterocycles. The lowest BCUT2D eigenvalue weighted by Crippen LogP contribution is -2.26. The first-order valence-corrected chi connectivity index (χ1v) is 6.48. The van der Waals surface area contributed by atoms with Crippen LogP contribution in [0.15, 0.2) is 36.4 Å². The summed E-state index contributed by atoms with van der Waals surface area (Å²) >= 11 is 0. The van der Waals surface area contributed by atoms with Gasteiger partial charge in [0.05, 0.1) is 11.6 Å². The van der Waals surface area contributed by atoms with Crippen molar-refractivity contribution in [3.8, 4) is 6.07 Å². The molecule has 1 aromatic carbocycles. The molecular formula is C16H16N4O. The summed E-state index contributed by atoms with van der Waals surface area (Å²) in [5.74, 6) is 0.202. The molecule has 2 N–H and O–H groups in total. The van der Waals surface area contributed by atoms with Gasteiger partial charge in [-0.2, -0.15) is 5.26 Å². The maximum atomic E-state index is 12.4. The van der Waals surface area contributed by atoms with Crippen LogP contribution in [0, 0.1) is 18.3 Å². The van der Waals surface area contributed by atoms with E-state index in [9.17, 15) is 4.79 Å². The number of nitrogen functional groups attached to an aromatic ring is 1. The van der Waals surface area contributed by atoms with Gasteiger partial charge >= 0.3 is 0 Å². The highest BCUT2D eigenvalue weighted by atomic mass is 16.2. The largest absolute Gasteiger partial charge is 0.384 e. The van der Waals surface area contributed by atoms with Crippen molar-refractivity contribution in [2.45, 2.75) is 13.5 Å². The molecule has 0 aliphatic carbocycles. The van der Waals surface area contributed by atoms with Gasteiger partial charge in [0.25, 0.3) is 5.91 Å². The quantitative estimate of drug-likeness (QED) is 0.933. The lowest BCUT2D eigenvalue weighted by atomic mass is 10.1. The minimum absolute atomic E-state index is 0.130. The third-order valence-electron chi connectivity index (χ3n) is 3.04. The lowest BCUT2D eigenvalue weighted by Gasteiger charge is -2.18. The monoisotopic (exact) mass is 280 g/mol. The molecule has 5 heteroatoms. The molecule has 0 aliphatic rings. The van der Waals surface area contributed by atoms with E-state index in [-0.39, 0.29) is 5.91 Å². The number of aromatic nitrogens is 1. The SMILES string of the molecule is Cc1cc(C(=O)N(C)Cc2cccc(C#N)c2)cc(N)n1. The molecule has 0 fully saturated rings. The number of benzene rings is 1. The van der Waals surface area contributed by atoms with Gasteiger partial charge in [0.2, 0.25) is 0 Å². The van der Waals surface area contributed by atoms with Gasteiger partial charge in [-0.3, -0.25) is 4.79 Å². The predicted molar refractivity (Wildman–Crippen MR) is 80.3 cm³/mol. The number of carbonyl (C=O) groups excluding carboxylic acids is 1. The second-order valence-electron chi connectivity index (χ2n) is 4.90. The van der Waals surface area contributed by atoms with Gasteiger partial charge in [-0.1, -0.05) is 12.1 Å². The highest BCUT2D eigenvalue weighted by molar-refractivity contribution is 5.94. The highest BCUT2D eigenvalue weighted by Gasteiger charge is 2.13. The summed E-state index contributed by atoms with van der Waals surface area (Å²) in [4.78, 5) is 18.0. The number of carbonyl (C=O) groups is 1. The van der Waals surface area contributed by atoms with Crippen molar-refractivity contribution in [1.29, 1.82) is 5.26 Å². The number of pyridine rings is 1. The fourth-order valence-corrected chi connectivity index (χ4v) is 2.12. The average molecular weight is 280 g/mol. The Morgan fingerprint density at radius 3 is 2.81 bits per heavy atom. The molecule has 2 rings (SSSR count). The van der Waals surface area contributed by atoms with E-state index < -0.39 is 0 Å². The number of aryl methyl sites for hydroxylation is 1. The lowest BCUT2D eigenvalue weighted by molar-refractivity contribution is 0.0785. The van der Waals surface area contributed by atoms with E-state index in [1.165, 1.54) is 0 Å². The van der Waals surface area contributed by atoms with Crippen LogP contribution in [-0.2, 0) is 6.54 Å². The summed E-state index contributed by atoms with van der Waals surface area (Å²) in [5, 5.41) is 8.89. The molecule has 0 unspecified atom stereocenters. The van der Waals surface area contributed by atoms with E-state index in [1.807, 2.05) is 6.07 Å². The fraction of sp³-hybridized carbons (Fsp3) is 0.188. The Morgan fingerprint density at radius 1 is 1.38 bits per heavy atom. The number of rotatable bonds is 3. The van der Waals surface area contributed by atoms with E-state index in [2.05, 4.69) is 11.1 Å². The fourth-order valence-electron chi connectivity index (χ4n) is 2.12. The minimum atomic E-state index is -0.130. The zero-order chi connectivity index (χ0) is 15.4. The van der Waals surface area contributed by atoms with Gasteiger partial charge in [0.15, 0.2) is 0 Å². The molecule has 0 atom stereocenters. The summed E-state index contributed by atoms with van der Waals surface area (Å²) in [7, 11) is 1.72. The van der Waals surface area contributed by atoms with Crippen molar-refractivity contribution >= 4 is 11.7 Å². The third kappa shape index (κ3) is 3.57. The normalized spacial score (nSPS) is 9.95. The van der Waals surface area contributed by atoms with Crippen LogP contribution in [0.4, 0.5) is 5.82 Å². The average Bonchev–Trinajstić information content (AvgIpc) is 2.45. The van der Waals surface area contributed by atoms with Crippen LogP contribution in [0.5, 0.6) is 0 Å². The Morgan fingerprint density at radius 2 is 2.14 bits per heavy atom. The van der Waals surface area contributed by atoms with Crippen molar-refractivity contribution in [3.63, 3.8) is 0 Å². The third-order valence-corrected chi connectivity index (χ3v) is 3.04. The van der Waals surface area contributed by atoms with Crippen LogP contribution < -0.4 is 5.73 Å². The van der Waals surface area contributed by atoms with Crippen LogP contribution in [0.1, 0.15) is 27.2 Å². The predicted octanol–water partition coefficient (Wildman–Crippen LogP) is 2.12. The number of nitrogens with two attached hydrogens (primary N) is 1. The number of amides is 1. The first kappa shape index (κ1) is 14.5. The first-order chi connectivity index (χ1) is 9.99. The highest BCUT2D eigenvalue weighted by Crippen LogP contribution is 2.12. The molecule has 0 bridgehead atoms. The Labute approximate surface area is 123 Å². The summed E-state index contributed by atoms with van der Waals surface area (Å²) in [6, 6.07) is 12.6. The summed E-state index contributed by atoms with van der Waals surface area (Å²) in [5.41, 5.74) is 8.38. The maximum absolute atomic E-state index is 12.4. The van der Waals surface area contributed by atoms with Gasteiger partial charge in [-0.05, 0) is 36.8 Å².